The molecule has 0 aliphatic heterocycles. The van der Waals surface area contributed by atoms with E-state index >= 15 is 0 Å². The molecule has 0 amide bonds. The minimum atomic E-state index is 0.742. The van der Waals surface area contributed by atoms with Crippen LogP contribution in [0.3, 0.4) is 0 Å². The predicted molar refractivity (Wildman–Crippen MR) is 68.9 cm³/mol. The zero-order valence-electron chi connectivity index (χ0n) is 10.4. The van der Waals surface area contributed by atoms with Gasteiger partial charge in [0.1, 0.15) is 5.82 Å². The third kappa shape index (κ3) is 2.41. The van der Waals surface area contributed by atoms with Gasteiger partial charge in [-0.2, -0.15) is 0 Å². The Morgan fingerprint density at radius 3 is 2.47 bits per heavy atom. The molecule has 0 atom stereocenters. The number of nitrogens with one attached hydrogen (secondary N) is 1. The van der Waals surface area contributed by atoms with Crippen molar-refractivity contribution in [2.24, 2.45) is 0 Å². The van der Waals surface area contributed by atoms with Gasteiger partial charge in [0, 0.05) is 35.8 Å². The Labute approximate surface area is 101 Å². The summed E-state index contributed by atoms with van der Waals surface area (Å²) in [7, 11) is 0. The van der Waals surface area contributed by atoms with Crippen LogP contribution in [0.2, 0.25) is 0 Å². The van der Waals surface area contributed by atoms with Gasteiger partial charge in [0.05, 0.1) is 0 Å². The molecule has 0 spiro atoms. The fourth-order valence-electron chi connectivity index (χ4n) is 1.60. The lowest BCUT2D eigenvalue weighted by atomic mass is 10.2. The number of nitrogens with zero attached hydrogens (tertiary/aromatic N) is 3. The van der Waals surface area contributed by atoms with Crippen molar-refractivity contribution < 1.29 is 0 Å². The van der Waals surface area contributed by atoms with Crippen molar-refractivity contribution in [3.8, 4) is 11.4 Å². The number of rotatable bonds is 3. The Balaban J connectivity index is 2.49. The summed E-state index contributed by atoms with van der Waals surface area (Å²) in [6.45, 7) is 6.95. The molecule has 0 radical (unpaired) electrons. The number of anilines is 1. The van der Waals surface area contributed by atoms with Crippen LogP contribution in [0, 0.1) is 13.8 Å². The van der Waals surface area contributed by atoms with Crippen LogP contribution < -0.4 is 5.32 Å². The standard InChI is InChI=1S/C13H16N4/c1-4-15-12-9(2)10(3)16-13(17-12)11-5-7-14-8-6-11/h5-8H,4H2,1-3H3,(H,15,16,17). The number of aromatic nitrogens is 3. The fraction of sp³-hybridized carbons (Fsp3) is 0.308. The van der Waals surface area contributed by atoms with Crippen LogP contribution in [-0.4, -0.2) is 21.5 Å². The van der Waals surface area contributed by atoms with E-state index in [0.717, 1.165) is 35.0 Å². The molecule has 0 unspecified atom stereocenters. The Morgan fingerprint density at radius 2 is 1.82 bits per heavy atom. The lowest BCUT2D eigenvalue weighted by Gasteiger charge is -2.10. The lowest BCUT2D eigenvalue weighted by Crippen LogP contribution is -2.06. The Hall–Kier alpha value is -1.97. The molecule has 0 aromatic carbocycles. The summed E-state index contributed by atoms with van der Waals surface area (Å²) in [4.78, 5) is 13.0. The second-order valence-corrected chi connectivity index (χ2v) is 3.87. The van der Waals surface area contributed by atoms with Gasteiger partial charge in [-0.15, -0.1) is 0 Å². The maximum absolute atomic E-state index is 4.54. The highest BCUT2D eigenvalue weighted by Crippen LogP contribution is 2.20. The third-order valence-electron chi connectivity index (χ3n) is 2.67. The molecule has 2 aromatic rings. The van der Waals surface area contributed by atoms with Crippen LogP contribution in [0.1, 0.15) is 18.2 Å². The number of hydrogen-bond acceptors (Lipinski definition) is 4. The van der Waals surface area contributed by atoms with Gasteiger partial charge in [0.25, 0.3) is 0 Å². The second kappa shape index (κ2) is 4.91. The summed E-state index contributed by atoms with van der Waals surface area (Å²) in [5, 5.41) is 3.26. The van der Waals surface area contributed by atoms with Crippen molar-refractivity contribution in [3.63, 3.8) is 0 Å². The summed E-state index contributed by atoms with van der Waals surface area (Å²) in [5.74, 6) is 1.65. The molecular formula is C13H16N4. The summed E-state index contributed by atoms with van der Waals surface area (Å²) in [6, 6.07) is 3.83. The molecule has 0 saturated heterocycles. The van der Waals surface area contributed by atoms with Crippen LogP contribution >= 0.6 is 0 Å². The first kappa shape index (κ1) is 11.5. The molecule has 2 rings (SSSR count). The van der Waals surface area contributed by atoms with E-state index in [1.165, 1.54) is 0 Å². The van der Waals surface area contributed by atoms with Gasteiger partial charge in [-0.25, -0.2) is 9.97 Å². The molecule has 0 bridgehead atoms. The van der Waals surface area contributed by atoms with Gasteiger partial charge in [-0.05, 0) is 32.9 Å². The van der Waals surface area contributed by atoms with Crippen LogP contribution in [-0.2, 0) is 0 Å². The van der Waals surface area contributed by atoms with Gasteiger partial charge in [-0.3, -0.25) is 4.98 Å². The molecule has 17 heavy (non-hydrogen) atoms. The second-order valence-electron chi connectivity index (χ2n) is 3.87. The van der Waals surface area contributed by atoms with Crippen LogP contribution in [0.25, 0.3) is 11.4 Å². The first-order valence-corrected chi connectivity index (χ1v) is 5.72. The fourth-order valence-corrected chi connectivity index (χ4v) is 1.60. The number of aryl methyl sites for hydroxylation is 1. The van der Waals surface area contributed by atoms with Crippen LogP contribution in [0.5, 0.6) is 0 Å². The normalized spacial score (nSPS) is 10.3. The zero-order valence-corrected chi connectivity index (χ0v) is 10.4. The maximum atomic E-state index is 4.54. The van der Waals surface area contributed by atoms with E-state index in [2.05, 4.69) is 27.2 Å². The number of pyridine rings is 1. The molecule has 4 nitrogen and oxygen atoms in total. The van der Waals surface area contributed by atoms with Gasteiger partial charge in [-0.1, -0.05) is 0 Å². The van der Waals surface area contributed by atoms with Crippen molar-refractivity contribution in [3.05, 3.63) is 35.8 Å². The first-order chi connectivity index (χ1) is 8.22. The highest BCUT2D eigenvalue weighted by atomic mass is 15.0. The summed E-state index contributed by atoms with van der Waals surface area (Å²) in [6.07, 6.45) is 3.50. The molecule has 1 N–H and O–H groups in total. The summed E-state index contributed by atoms with van der Waals surface area (Å²) < 4.78 is 0. The van der Waals surface area contributed by atoms with E-state index in [4.69, 9.17) is 0 Å². The molecule has 0 fully saturated rings. The van der Waals surface area contributed by atoms with E-state index in [0.29, 0.717) is 0 Å². The molecule has 0 aliphatic rings. The third-order valence-corrected chi connectivity index (χ3v) is 2.67. The smallest absolute Gasteiger partial charge is 0.161 e. The molecule has 2 aromatic heterocycles. The van der Waals surface area contributed by atoms with E-state index in [-0.39, 0.29) is 0 Å². The highest BCUT2D eigenvalue weighted by Gasteiger charge is 2.08. The van der Waals surface area contributed by atoms with E-state index in [1.54, 1.807) is 12.4 Å². The van der Waals surface area contributed by atoms with Crippen molar-refractivity contribution >= 4 is 5.82 Å². The van der Waals surface area contributed by atoms with Gasteiger partial charge in [0.2, 0.25) is 0 Å². The largest absolute Gasteiger partial charge is 0.370 e. The van der Waals surface area contributed by atoms with Crippen molar-refractivity contribution in [2.45, 2.75) is 20.8 Å². The molecule has 4 heteroatoms. The molecule has 2 heterocycles. The Kier molecular flexibility index (Phi) is 3.32. The zero-order chi connectivity index (χ0) is 12.3. The summed E-state index contributed by atoms with van der Waals surface area (Å²) >= 11 is 0. The monoisotopic (exact) mass is 228 g/mol. The van der Waals surface area contributed by atoms with Crippen LogP contribution in [0.4, 0.5) is 5.82 Å². The van der Waals surface area contributed by atoms with Crippen molar-refractivity contribution in [1.29, 1.82) is 0 Å². The quantitative estimate of drug-likeness (QED) is 0.877. The lowest BCUT2D eigenvalue weighted by molar-refractivity contribution is 1.05. The summed E-state index contributed by atoms with van der Waals surface area (Å²) in [5.41, 5.74) is 3.09. The predicted octanol–water partition coefficient (Wildman–Crippen LogP) is 2.59. The van der Waals surface area contributed by atoms with Crippen molar-refractivity contribution in [1.82, 2.24) is 15.0 Å². The topological polar surface area (TPSA) is 50.7 Å². The van der Waals surface area contributed by atoms with Crippen LogP contribution in [0.15, 0.2) is 24.5 Å². The Bertz CT molecular complexity index is 508. The molecule has 0 aliphatic carbocycles. The molecule has 88 valence electrons. The maximum Gasteiger partial charge on any atom is 0.161 e. The van der Waals surface area contributed by atoms with Gasteiger partial charge >= 0.3 is 0 Å². The number of hydrogen-bond donors (Lipinski definition) is 1. The minimum Gasteiger partial charge on any atom is -0.370 e. The van der Waals surface area contributed by atoms with Gasteiger partial charge in [0.15, 0.2) is 5.82 Å². The van der Waals surface area contributed by atoms with Crippen molar-refractivity contribution in [2.75, 3.05) is 11.9 Å². The molecular weight excluding hydrogens is 212 g/mol. The van der Waals surface area contributed by atoms with Gasteiger partial charge < -0.3 is 5.32 Å². The molecule has 0 saturated carbocycles. The average molecular weight is 228 g/mol. The SMILES string of the molecule is CCNc1nc(-c2ccncc2)nc(C)c1C. The first-order valence-electron chi connectivity index (χ1n) is 5.72. The van der Waals surface area contributed by atoms with E-state index in [1.807, 2.05) is 26.0 Å². The highest BCUT2D eigenvalue weighted by molar-refractivity contribution is 5.58. The Morgan fingerprint density at radius 1 is 1.12 bits per heavy atom. The van der Waals surface area contributed by atoms with E-state index in [9.17, 15) is 0 Å². The minimum absolute atomic E-state index is 0.742. The average Bonchev–Trinajstić information content (AvgIpc) is 2.36. The van der Waals surface area contributed by atoms with E-state index < -0.39 is 0 Å².